The van der Waals surface area contributed by atoms with Gasteiger partial charge >= 0.3 is 0 Å². The van der Waals surface area contributed by atoms with Crippen LogP contribution in [0.1, 0.15) is 20.3 Å². The minimum atomic E-state index is -1.45. The number of allylic oxidation sites excluding steroid dienone is 1. The molecule has 1 saturated heterocycles. The van der Waals surface area contributed by atoms with Crippen molar-refractivity contribution in [3.63, 3.8) is 0 Å². The maximum atomic E-state index is 13.2. The molecule has 4 heteroatoms. The minimum Gasteiger partial charge on any atom is -0.469 e. The van der Waals surface area contributed by atoms with Gasteiger partial charge in [-0.05, 0) is 11.6 Å². The first-order valence-corrected chi connectivity index (χ1v) is 7.38. The van der Waals surface area contributed by atoms with Crippen molar-refractivity contribution in [1.82, 2.24) is 0 Å². The van der Waals surface area contributed by atoms with Crippen molar-refractivity contribution in [2.45, 2.75) is 18.6 Å². The SMILES string of the molecule is [2H]C([2H])=C1OC2(CC1=O)C(=O)N(Cc1ccccc1)c1ccccc12. The van der Waals surface area contributed by atoms with Crippen LogP contribution in [0.15, 0.2) is 66.9 Å². The standard InChI is InChI=1S/C19H15NO3/c1-13-17(21)11-19(23-13)15-9-5-6-10-16(15)20(18(19)22)12-14-7-3-2-4-8-14/h2-10H,1,11-12H2/i1D2. The van der Waals surface area contributed by atoms with Crippen molar-refractivity contribution in [3.8, 4) is 0 Å². The molecule has 2 aromatic carbocycles. The van der Waals surface area contributed by atoms with E-state index in [-0.39, 0.29) is 18.1 Å². The fourth-order valence-corrected chi connectivity index (χ4v) is 3.26. The zero-order valence-corrected chi connectivity index (χ0v) is 12.3. The molecule has 23 heavy (non-hydrogen) atoms. The molecule has 1 unspecified atom stereocenters. The molecule has 0 aromatic heterocycles. The van der Waals surface area contributed by atoms with Crippen LogP contribution in [-0.2, 0) is 26.5 Å². The van der Waals surface area contributed by atoms with Crippen molar-refractivity contribution < 1.29 is 17.1 Å². The van der Waals surface area contributed by atoms with Crippen LogP contribution >= 0.6 is 0 Å². The maximum Gasteiger partial charge on any atom is 0.276 e. The second-order valence-corrected chi connectivity index (χ2v) is 5.75. The Balaban J connectivity index is 1.80. The van der Waals surface area contributed by atoms with E-state index in [4.69, 9.17) is 7.48 Å². The molecule has 2 aromatic rings. The summed E-state index contributed by atoms with van der Waals surface area (Å²) in [7, 11) is 0. The number of benzene rings is 2. The molecule has 1 atom stereocenters. The van der Waals surface area contributed by atoms with Crippen molar-refractivity contribution >= 4 is 17.4 Å². The van der Waals surface area contributed by atoms with Gasteiger partial charge in [0.05, 0.1) is 21.4 Å². The Labute approximate surface area is 136 Å². The summed E-state index contributed by atoms with van der Waals surface area (Å²) in [6.45, 7) is -0.336. The van der Waals surface area contributed by atoms with Crippen molar-refractivity contribution in [2.75, 3.05) is 4.90 Å². The Morgan fingerprint density at radius 3 is 2.61 bits per heavy atom. The highest BCUT2D eigenvalue weighted by Gasteiger charge is 2.58. The van der Waals surface area contributed by atoms with Crippen LogP contribution in [-0.4, -0.2) is 11.7 Å². The van der Waals surface area contributed by atoms with Gasteiger partial charge in [-0.15, -0.1) is 0 Å². The first-order chi connectivity index (χ1) is 12.0. The van der Waals surface area contributed by atoms with Crippen LogP contribution in [0, 0.1) is 0 Å². The van der Waals surface area contributed by atoms with Crippen LogP contribution in [0.2, 0.25) is 0 Å². The van der Waals surface area contributed by atoms with Crippen LogP contribution in [0.5, 0.6) is 0 Å². The maximum absolute atomic E-state index is 13.2. The van der Waals surface area contributed by atoms with Crippen molar-refractivity contribution in [3.05, 3.63) is 78.0 Å². The normalized spacial score (nSPS) is 23.7. The first-order valence-electron chi connectivity index (χ1n) is 8.38. The summed E-state index contributed by atoms with van der Waals surface area (Å²) in [5, 5.41) is 0. The molecule has 1 spiro atoms. The minimum absolute atomic E-state index is 0.176. The van der Waals surface area contributed by atoms with Gasteiger partial charge in [0.15, 0.2) is 5.76 Å². The molecule has 0 radical (unpaired) electrons. The Kier molecular flexibility index (Phi) is 2.44. The van der Waals surface area contributed by atoms with E-state index < -0.39 is 17.9 Å². The molecule has 0 aliphatic carbocycles. The monoisotopic (exact) mass is 307 g/mol. The molecule has 1 fully saturated rings. The number of anilines is 1. The highest BCUT2D eigenvalue weighted by atomic mass is 16.5. The second kappa shape index (κ2) is 4.81. The Bertz CT molecular complexity index is 906. The van der Waals surface area contributed by atoms with Gasteiger partial charge in [0.1, 0.15) is 0 Å². The lowest BCUT2D eigenvalue weighted by molar-refractivity contribution is -0.135. The number of ketones is 1. The Morgan fingerprint density at radius 1 is 1.13 bits per heavy atom. The van der Waals surface area contributed by atoms with Crippen LogP contribution < -0.4 is 4.90 Å². The van der Waals surface area contributed by atoms with Gasteiger partial charge in [0, 0.05) is 5.56 Å². The predicted molar refractivity (Wildman–Crippen MR) is 85.6 cm³/mol. The first kappa shape index (κ1) is 11.7. The number of para-hydroxylation sites is 1. The number of ether oxygens (including phenoxy) is 1. The zero-order chi connectivity index (χ0) is 17.6. The number of amides is 1. The molecule has 0 bridgehead atoms. The highest BCUT2D eigenvalue weighted by Crippen LogP contribution is 2.49. The van der Waals surface area contributed by atoms with Crippen molar-refractivity contribution in [1.29, 1.82) is 0 Å². The molecule has 2 aliphatic heterocycles. The molecule has 114 valence electrons. The number of hydrogen-bond acceptors (Lipinski definition) is 3. The average molecular weight is 307 g/mol. The molecular formula is C19H15NO3. The zero-order valence-electron chi connectivity index (χ0n) is 14.3. The van der Waals surface area contributed by atoms with Gasteiger partial charge in [0.2, 0.25) is 11.4 Å². The Hall–Kier alpha value is -2.88. The smallest absolute Gasteiger partial charge is 0.276 e. The predicted octanol–water partition coefficient (Wildman–Crippen LogP) is 2.93. The van der Waals surface area contributed by atoms with E-state index in [0.717, 1.165) is 5.56 Å². The summed E-state index contributed by atoms with van der Waals surface area (Å²) in [5.41, 5.74) is 0.817. The van der Waals surface area contributed by atoms with Gasteiger partial charge in [-0.25, -0.2) is 0 Å². The molecule has 2 aliphatic rings. The van der Waals surface area contributed by atoms with Gasteiger partial charge < -0.3 is 9.64 Å². The molecule has 4 nitrogen and oxygen atoms in total. The quantitative estimate of drug-likeness (QED) is 0.801. The summed E-state index contributed by atoms with van der Waals surface area (Å²) in [4.78, 5) is 27.0. The summed E-state index contributed by atoms with van der Waals surface area (Å²) >= 11 is 0. The largest absolute Gasteiger partial charge is 0.469 e. The number of carbonyl (C=O) groups is 2. The average Bonchev–Trinajstić information content (AvgIpc) is 3.08. The third-order valence-electron chi connectivity index (χ3n) is 4.34. The number of rotatable bonds is 2. The molecule has 0 N–H and O–H groups in total. The van der Waals surface area contributed by atoms with E-state index in [9.17, 15) is 9.59 Å². The highest BCUT2D eigenvalue weighted by molar-refractivity contribution is 6.12. The third kappa shape index (κ3) is 1.91. The van der Waals surface area contributed by atoms with E-state index in [2.05, 4.69) is 0 Å². The van der Waals surface area contributed by atoms with E-state index in [0.29, 0.717) is 17.8 Å². The lowest BCUT2D eigenvalue weighted by Crippen LogP contribution is -2.39. The molecule has 2 heterocycles. The number of nitrogens with zero attached hydrogens (tertiary/aromatic N) is 1. The lowest BCUT2D eigenvalue weighted by atomic mass is 9.92. The van der Waals surface area contributed by atoms with E-state index in [1.54, 1.807) is 17.0 Å². The van der Waals surface area contributed by atoms with Gasteiger partial charge in [-0.3, -0.25) is 9.59 Å². The topological polar surface area (TPSA) is 46.6 Å². The summed E-state index contributed by atoms with van der Waals surface area (Å²) < 4.78 is 20.5. The number of Topliss-reactive ketones (excluding diaryl/α,β-unsaturated/α-hetero) is 1. The second-order valence-electron chi connectivity index (χ2n) is 5.75. The van der Waals surface area contributed by atoms with E-state index in [1.807, 2.05) is 42.5 Å². The lowest BCUT2D eigenvalue weighted by Gasteiger charge is -2.22. The van der Waals surface area contributed by atoms with Gasteiger partial charge in [-0.1, -0.05) is 55.1 Å². The summed E-state index contributed by atoms with van der Waals surface area (Å²) in [6, 6.07) is 16.8. The van der Waals surface area contributed by atoms with Gasteiger partial charge in [0.25, 0.3) is 5.91 Å². The fraction of sp³-hybridized carbons (Fsp3) is 0.158. The fourth-order valence-electron chi connectivity index (χ4n) is 3.26. The van der Waals surface area contributed by atoms with Crippen LogP contribution in [0.4, 0.5) is 5.69 Å². The molecular weight excluding hydrogens is 290 g/mol. The third-order valence-corrected chi connectivity index (χ3v) is 4.34. The summed E-state index contributed by atoms with van der Waals surface area (Å²) in [5.74, 6) is -1.16. The van der Waals surface area contributed by atoms with Crippen LogP contribution in [0.25, 0.3) is 0 Å². The van der Waals surface area contributed by atoms with Crippen LogP contribution in [0.3, 0.4) is 0 Å². The van der Waals surface area contributed by atoms with E-state index >= 15 is 0 Å². The molecule has 0 saturated carbocycles. The van der Waals surface area contributed by atoms with E-state index in [1.165, 1.54) is 0 Å². The Morgan fingerprint density at radius 2 is 1.87 bits per heavy atom. The molecule has 1 amide bonds. The number of fused-ring (bicyclic) bond motifs is 2. The number of hydrogen-bond donors (Lipinski definition) is 0. The number of carbonyl (C=O) groups excluding carboxylic acids is 2. The van der Waals surface area contributed by atoms with Gasteiger partial charge in [-0.2, -0.15) is 0 Å². The van der Waals surface area contributed by atoms with Crippen molar-refractivity contribution in [2.24, 2.45) is 0 Å². The summed E-state index contributed by atoms with van der Waals surface area (Å²) in [6.07, 6.45) is -0.176. The molecule has 4 rings (SSSR count).